The highest BCUT2D eigenvalue weighted by molar-refractivity contribution is 5.96. The normalized spacial score (nSPS) is 21.7. The summed E-state index contributed by atoms with van der Waals surface area (Å²) in [5, 5.41) is 6.56. The summed E-state index contributed by atoms with van der Waals surface area (Å²) in [6, 6.07) is 1.10. The van der Waals surface area contributed by atoms with Crippen LogP contribution in [-0.4, -0.2) is 38.9 Å². The maximum atomic E-state index is 13.7. The number of hydrogen-bond donors (Lipinski definition) is 1. The predicted molar refractivity (Wildman–Crippen MR) is 86.7 cm³/mol. The number of nitrogens with zero attached hydrogens (tertiary/aromatic N) is 4. The third kappa shape index (κ3) is 3.41. The highest BCUT2D eigenvalue weighted by atomic mass is 19.4. The van der Waals surface area contributed by atoms with Crippen molar-refractivity contribution in [2.45, 2.75) is 43.4 Å². The lowest BCUT2D eigenvalue weighted by atomic mass is 10.1. The number of rotatable bonds is 4. The van der Waals surface area contributed by atoms with E-state index in [2.05, 4.69) is 20.4 Å². The van der Waals surface area contributed by atoms with Crippen LogP contribution >= 0.6 is 0 Å². The average Bonchev–Trinajstić information content (AvgIpc) is 3.29. The summed E-state index contributed by atoms with van der Waals surface area (Å²) in [6.07, 6.45) is 1.68. The number of halogens is 3. The minimum absolute atomic E-state index is 0.146. The van der Waals surface area contributed by atoms with Crippen molar-refractivity contribution in [3.05, 3.63) is 41.7 Å². The lowest BCUT2D eigenvalue weighted by molar-refractivity contribution is -0.146. The first-order valence-corrected chi connectivity index (χ1v) is 8.73. The molecule has 27 heavy (non-hydrogen) atoms. The van der Waals surface area contributed by atoms with Gasteiger partial charge in [0.1, 0.15) is 5.54 Å². The number of alkyl halides is 3. The van der Waals surface area contributed by atoms with Crippen LogP contribution in [0.15, 0.2) is 24.7 Å². The number of carbonyl (C=O) groups is 1. The number of ether oxygens (including phenoxy) is 1. The second kappa shape index (κ2) is 6.59. The van der Waals surface area contributed by atoms with E-state index in [1.807, 2.05) is 0 Å². The molecule has 1 aliphatic heterocycles. The van der Waals surface area contributed by atoms with E-state index in [9.17, 15) is 18.0 Å². The fourth-order valence-corrected chi connectivity index (χ4v) is 3.36. The monoisotopic (exact) mass is 381 g/mol. The van der Waals surface area contributed by atoms with Crippen molar-refractivity contribution in [3.8, 4) is 0 Å². The average molecular weight is 381 g/mol. The lowest BCUT2D eigenvalue weighted by Crippen LogP contribution is -2.37. The van der Waals surface area contributed by atoms with Crippen LogP contribution in [0, 0.1) is 0 Å². The van der Waals surface area contributed by atoms with Crippen molar-refractivity contribution < 1.29 is 22.7 Å². The Bertz CT molecular complexity index is 827. The molecule has 2 aromatic heterocycles. The molecule has 1 saturated heterocycles. The van der Waals surface area contributed by atoms with Crippen LogP contribution in [0.1, 0.15) is 53.6 Å². The van der Waals surface area contributed by atoms with Gasteiger partial charge in [0.15, 0.2) is 11.5 Å². The maximum Gasteiger partial charge on any atom is 0.433 e. The third-order valence-electron chi connectivity index (χ3n) is 4.89. The number of amides is 1. The van der Waals surface area contributed by atoms with Crippen LogP contribution in [0.25, 0.3) is 0 Å². The second-order valence-electron chi connectivity index (χ2n) is 6.83. The molecule has 1 atom stereocenters. The molecule has 1 aliphatic carbocycles. The molecule has 144 valence electrons. The number of nitrogens with one attached hydrogen (secondary N) is 1. The number of carbonyl (C=O) groups excluding carboxylic acids is 1. The van der Waals surface area contributed by atoms with Crippen molar-refractivity contribution in [2.75, 3.05) is 13.2 Å². The molecular formula is C17H18F3N5O2. The van der Waals surface area contributed by atoms with Gasteiger partial charge in [0.05, 0.1) is 24.4 Å². The first-order chi connectivity index (χ1) is 12.9. The van der Waals surface area contributed by atoms with E-state index in [4.69, 9.17) is 4.74 Å². The molecule has 0 aromatic carbocycles. The van der Waals surface area contributed by atoms with Crippen molar-refractivity contribution >= 4 is 5.91 Å². The number of aromatic nitrogens is 4. The van der Waals surface area contributed by atoms with E-state index in [1.165, 1.54) is 12.4 Å². The van der Waals surface area contributed by atoms with Crippen molar-refractivity contribution in [1.82, 2.24) is 25.1 Å². The van der Waals surface area contributed by atoms with E-state index in [1.54, 1.807) is 6.07 Å². The second-order valence-corrected chi connectivity index (χ2v) is 6.83. The summed E-state index contributed by atoms with van der Waals surface area (Å²) in [7, 11) is 0. The van der Waals surface area contributed by atoms with Crippen LogP contribution < -0.4 is 5.32 Å². The Kier molecular flexibility index (Phi) is 4.37. The molecular weight excluding hydrogens is 363 g/mol. The van der Waals surface area contributed by atoms with Crippen LogP contribution in [-0.2, 0) is 16.5 Å². The van der Waals surface area contributed by atoms with Crippen molar-refractivity contribution in [2.24, 2.45) is 0 Å². The summed E-state index contributed by atoms with van der Waals surface area (Å²) < 4.78 is 47.3. The summed E-state index contributed by atoms with van der Waals surface area (Å²) in [5.74, 6) is -0.421. The van der Waals surface area contributed by atoms with E-state index in [0.717, 1.165) is 10.9 Å². The van der Waals surface area contributed by atoms with Crippen molar-refractivity contribution in [3.63, 3.8) is 0 Å². The van der Waals surface area contributed by atoms with Crippen LogP contribution in [0.5, 0.6) is 0 Å². The Morgan fingerprint density at radius 2 is 2.04 bits per heavy atom. The highest BCUT2D eigenvalue weighted by Crippen LogP contribution is 2.44. The van der Waals surface area contributed by atoms with Gasteiger partial charge in [-0.05, 0) is 31.7 Å². The smallest absolute Gasteiger partial charge is 0.379 e. The summed E-state index contributed by atoms with van der Waals surface area (Å²) in [5.41, 5.74) is -2.34. The van der Waals surface area contributed by atoms with E-state index in [-0.39, 0.29) is 6.61 Å². The molecule has 1 N–H and O–H groups in total. The molecule has 2 fully saturated rings. The Hall–Kier alpha value is -2.49. The highest BCUT2D eigenvalue weighted by Gasteiger charge is 2.50. The lowest BCUT2D eigenvalue weighted by Gasteiger charge is -2.25. The van der Waals surface area contributed by atoms with E-state index >= 15 is 0 Å². The SMILES string of the molecule is O=C(NC1(c2ncccn2)CC1)c1cnn(C2CCCOC2)c1C(F)(F)F. The van der Waals surface area contributed by atoms with Gasteiger partial charge in [-0.15, -0.1) is 0 Å². The van der Waals surface area contributed by atoms with Gasteiger partial charge >= 0.3 is 6.18 Å². The quantitative estimate of drug-likeness (QED) is 0.880. The zero-order chi connectivity index (χ0) is 19.1. The summed E-state index contributed by atoms with van der Waals surface area (Å²) in [4.78, 5) is 20.9. The van der Waals surface area contributed by atoms with Gasteiger partial charge in [0.2, 0.25) is 0 Å². The molecule has 2 aliphatic rings. The molecule has 1 unspecified atom stereocenters. The molecule has 4 rings (SSSR count). The van der Waals surface area contributed by atoms with Gasteiger partial charge in [-0.2, -0.15) is 18.3 Å². The molecule has 10 heteroatoms. The molecule has 2 aromatic rings. The van der Waals surface area contributed by atoms with Crippen LogP contribution in [0.2, 0.25) is 0 Å². The molecule has 1 amide bonds. The van der Waals surface area contributed by atoms with Crippen molar-refractivity contribution in [1.29, 1.82) is 0 Å². The van der Waals surface area contributed by atoms with E-state index in [0.29, 0.717) is 38.1 Å². The Morgan fingerprint density at radius 1 is 1.30 bits per heavy atom. The van der Waals surface area contributed by atoms with Gasteiger partial charge in [-0.3, -0.25) is 9.48 Å². The zero-order valence-electron chi connectivity index (χ0n) is 14.4. The van der Waals surface area contributed by atoms with Crippen LogP contribution in [0.3, 0.4) is 0 Å². The fraction of sp³-hybridized carbons (Fsp3) is 0.529. The molecule has 0 radical (unpaired) electrons. The number of hydrogen-bond acceptors (Lipinski definition) is 5. The minimum atomic E-state index is -4.71. The third-order valence-corrected chi connectivity index (χ3v) is 4.89. The Balaban J connectivity index is 1.63. The Morgan fingerprint density at radius 3 is 2.63 bits per heavy atom. The molecule has 0 spiro atoms. The van der Waals surface area contributed by atoms with Gasteiger partial charge in [-0.25, -0.2) is 9.97 Å². The first-order valence-electron chi connectivity index (χ1n) is 8.73. The standard InChI is InChI=1S/C17H18F3N5O2/c18-17(19,20)13-12(9-23-25(13)11-3-1-8-27-10-11)14(26)24-16(4-5-16)15-21-6-2-7-22-15/h2,6-7,9,11H,1,3-5,8,10H2,(H,24,26). The topological polar surface area (TPSA) is 81.9 Å². The molecule has 1 saturated carbocycles. The van der Waals surface area contributed by atoms with Gasteiger partial charge < -0.3 is 10.1 Å². The van der Waals surface area contributed by atoms with Gasteiger partial charge in [0.25, 0.3) is 5.91 Å². The van der Waals surface area contributed by atoms with Gasteiger partial charge in [0, 0.05) is 19.0 Å². The minimum Gasteiger partial charge on any atom is -0.379 e. The van der Waals surface area contributed by atoms with Crippen LogP contribution in [0.4, 0.5) is 13.2 Å². The molecule has 3 heterocycles. The first kappa shape index (κ1) is 17.9. The Labute approximate surface area is 152 Å². The zero-order valence-corrected chi connectivity index (χ0v) is 14.4. The summed E-state index contributed by atoms with van der Waals surface area (Å²) >= 11 is 0. The predicted octanol–water partition coefficient (Wildman–Crippen LogP) is 2.46. The molecule has 0 bridgehead atoms. The van der Waals surface area contributed by atoms with Gasteiger partial charge in [-0.1, -0.05) is 0 Å². The van der Waals surface area contributed by atoms with E-state index < -0.39 is 34.9 Å². The molecule has 7 nitrogen and oxygen atoms in total. The summed E-state index contributed by atoms with van der Waals surface area (Å²) in [6.45, 7) is 0.666. The maximum absolute atomic E-state index is 13.7. The largest absolute Gasteiger partial charge is 0.433 e. The fourth-order valence-electron chi connectivity index (χ4n) is 3.36.